The van der Waals surface area contributed by atoms with Gasteiger partial charge in [0.05, 0.1) is 4.34 Å². The van der Waals surface area contributed by atoms with Gasteiger partial charge in [-0.1, -0.05) is 11.6 Å². The summed E-state index contributed by atoms with van der Waals surface area (Å²) in [5.74, 6) is -1.02. The molecule has 2 heterocycles. The first-order valence-electron chi connectivity index (χ1n) is 3.46. The van der Waals surface area contributed by atoms with Crippen LogP contribution in [-0.4, -0.2) is 16.1 Å². The molecule has 0 aliphatic heterocycles. The van der Waals surface area contributed by atoms with Crippen LogP contribution < -0.4 is 0 Å². The van der Waals surface area contributed by atoms with Gasteiger partial charge in [0.25, 0.3) is 0 Å². The highest BCUT2D eigenvalue weighted by atomic mass is 35.5. The molecule has 0 radical (unpaired) electrons. The second-order valence-electron chi connectivity index (χ2n) is 2.45. The number of nitrogens with zero attached hydrogens (tertiary/aromatic N) is 1. The predicted molar refractivity (Wildman–Crippen MR) is 51.6 cm³/mol. The lowest BCUT2D eigenvalue weighted by Gasteiger charge is -1.91. The van der Waals surface area contributed by atoms with Crippen molar-refractivity contribution in [3.63, 3.8) is 0 Å². The third-order valence-corrected chi connectivity index (χ3v) is 2.75. The van der Waals surface area contributed by atoms with Crippen molar-refractivity contribution >= 4 is 39.1 Å². The highest BCUT2D eigenvalue weighted by molar-refractivity contribution is 7.22. The summed E-state index contributed by atoms with van der Waals surface area (Å²) in [5, 5.41) is 9.54. The minimum Gasteiger partial charge on any atom is -0.477 e. The number of fused-ring (bicyclic) bond motifs is 1. The molecular formula is C8H4ClNO2S. The maximum absolute atomic E-state index is 10.6. The number of rotatable bonds is 1. The normalized spacial score (nSPS) is 10.5. The van der Waals surface area contributed by atoms with Gasteiger partial charge in [-0.3, -0.25) is 0 Å². The molecule has 66 valence electrons. The van der Waals surface area contributed by atoms with Crippen molar-refractivity contribution in [3.05, 3.63) is 28.2 Å². The predicted octanol–water partition coefficient (Wildman–Crippen LogP) is 2.65. The van der Waals surface area contributed by atoms with Crippen molar-refractivity contribution in [1.29, 1.82) is 0 Å². The number of thiophene rings is 1. The topological polar surface area (TPSA) is 50.2 Å². The number of aromatic nitrogens is 1. The van der Waals surface area contributed by atoms with Gasteiger partial charge >= 0.3 is 5.97 Å². The fourth-order valence-electron chi connectivity index (χ4n) is 1.01. The van der Waals surface area contributed by atoms with Crippen LogP contribution in [0, 0.1) is 0 Å². The Morgan fingerprint density at radius 2 is 2.31 bits per heavy atom. The van der Waals surface area contributed by atoms with Crippen molar-refractivity contribution in [2.24, 2.45) is 0 Å². The zero-order valence-electron chi connectivity index (χ0n) is 6.32. The molecular weight excluding hydrogens is 210 g/mol. The Kier molecular flexibility index (Phi) is 1.94. The molecule has 2 rings (SSSR count). The summed E-state index contributed by atoms with van der Waals surface area (Å²) in [6, 6.07) is 4.93. The van der Waals surface area contributed by atoms with Crippen LogP contribution in [0.25, 0.3) is 10.2 Å². The largest absolute Gasteiger partial charge is 0.477 e. The number of halogens is 1. The summed E-state index contributed by atoms with van der Waals surface area (Å²) in [4.78, 5) is 15.1. The van der Waals surface area contributed by atoms with E-state index in [1.165, 1.54) is 17.4 Å². The van der Waals surface area contributed by atoms with Gasteiger partial charge < -0.3 is 5.11 Å². The lowest BCUT2D eigenvalue weighted by molar-refractivity contribution is 0.0691. The fraction of sp³-hybridized carbons (Fsp3) is 0. The average molecular weight is 214 g/mol. The molecule has 0 spiro atoms. The molecule has 0 saturated heterocycles. The summed E-state index contributed by atoms with van der Waals surface area (Å²) in [7, 11) is 0. The van der Waals surface area contributed by atoms with E-state index in [4.69, 9.17) is 16.7 Å². The number of pyridine rings is 1. The van der Waals surface area contributed by atoms with E-state index in [9.17, 15) is 4.79 Å². The van der Waals surface area contributed by atoms with Gasteiger partial charge in [0.15, 0.2) is 0 Å². The molecule has 3 nitrogen and oxygen atoms in total. The maximum atomic E-state index is 10.6. The van der Waals surface area contributed by atoms with Gasteiger partial charge in [0.2, 0.25) is 0 Å². The standard InChI is InChI=1S/C8H4ClNO2S/c9-6-3-4-1-2-5(8(11)12)10-7(4)13-6/h1-3H,(H,11,12). The van der Waals surface area contributed by atoms with Crippen molar-refractivity contribution in [2.75, 3.05) is 0 Å². The molecule has 0 amide bonds. The minimum atomic E-state index is -1.02. The lowest BCUT2D eigenvalue weighted by Crippen LogP contribution is -1.98. The van der Waals surface area contributed by atoms with E-state index in [1.807, 2.05) is 0 Å². The Bertz CT molecular complexity index is 480. The Morgan fingerprint density at radius 3 is 3.00 bits per heavy atom. The van der Waals surface area contributed by atoms with Gasteiger partial charge in [-0.25, -0.2) is 9.78 Å². The van der Waals surface area contributed by atoms with Crippen molar-refractivity contribution < 1.29 is 9.90 Å². The van der Waals surface area contributed by atoms with E-state index < -0.39 is 5.97 Å². The first-order chi connectivity index (χ1) is 6.16. The number of carboxylic acids is 1. The van der Waals surface area contributed by atoms with Crippen molar-refractivity contribution in [1.82, 2.24) is 4.98 Å². The third-order valence-electron chi connectivity index (χ3n) is 1.57. The molecule has 0 atom stereocenters. The van der Waals surface area contributed by atoms with Gasteiger partial charge in [-0.2, -0.15) is 0 Å². The molecule has 13 heavy (non-hydrogen) atoms. The van der Waals surface area contributed by atoms with Crippen molar-refractivity contribution in [2.45, 2.75) is 0 Å². The number of hydrogen-bond donors (Lipinski definition) is 1. The number of aromatic carboxylic acids is 1. The summed E-state index contributed by atoms with van der Waals surface area (Å²) in [6.07, 6.45) is 0. The van der Waals surface area contributed by atoms with E-state index in [-0.39, 0.29) is 5.69 Å². The zero-order chi connectivity index (χ0) is 9.42. The highest BCUT2D eigenvalue weighted by Gasteiger charge is 2.07. The second kappa shape index (κ2) is 2.97. The first kappa shape index (κ1) is 8.47. The minimum absolute atomic E-state index is 0.0472. The van der Waals surface area contributed by atoms with Gasteiger partial charge in [-0.15, -0.1) is 11.3 Å². The SMILES string of the molecule is O=C(O)c1ccc2cc(Cl)sc2n1. The quantitative estimate of drug-likeness (QED) is 0.792. The monoisotopic (exact) mass is 213 g/mol. The van der Waals surface area contributed by atoms with Gasteiger partial charge in [0, 0.05) is 5.39 Å². The summed E-state index contributed by atoms with van der Waals surface area (Å²) >= 11 is 7.02. The smallest absolute Gasteiger partial charge is 0.354 e. The van der Waals surface area contributed by atoms with Crippen molar-refractivity contribution in [3.8, 4) is 0 Å². The Labute approximate surface area is 82.6 Å². The average Bonchev–Trinajstić information content (AvgIpc) is 2.42. The molecule has 0 aliphatic carbocycles. The lowest BCUT2D eigenvalue weighted by atomic mass is 10.3. The molecule has 2 aromatic rings. The zero-order valence-corrected chi connectivity index (χ0v) is 7.89. The van der Waals surface area contributed by atoms with Crippen LogP contribution >= 0.6 is 22.9 Å². The highest BCUT2D eigenvalue weighted by Crippen LogP contribution is 2.27. The molecule has 0 fully saturated rings. The maximum Gasteiger partial charge on any atom is 0.354 e. The molecule has 0 saturated carbocycles. The van der Waals surface area contributed by atoms with Gasteiger partial charge in [-0.05, 0) is 18.2 Å². The van der Waals surface area contributed by atoms with Crippen LogP contribution in [0.5, 0.6) is 0 Å². The molecule has 0 aliphatic rings. The van der Waals surface area contributed by atoms with Crippen LogP contribution in [0.2, 0.25) is 4.34 Å². The van der Waals surface area contributed by atoms with E-state index in [0.717, 1.165) is 5.39 Å². The molecule has 5 heteroatoms. The van der Waals surface area contributed by atoms with Gasteiger partial charge in [0.1, 0.15) is 10.5 Å². The second-order valence-corrected chi connectivity index (χ2v) is 4.11. The molecule has 0 aromatic carbocycles. The van der Waals surface area contributed by atoms with E-state index >= 15 is 0 Å². The molecule has 2 aromatic heterocycles. The molecule has 1 N–H and O–H groups in total. The van der Waals surface area contributed by atoms with E-state index in [0.29, 0.717) is 9.17 Å². The fourth-order valence-corrected chi connectivity index (χ4v) is 2.10. The van der Waals surface area contributed by atoms with Crippen LogP contribution in [0.1, 0.15) is 10.5 Å². The molecule has 0 unspecified atom stereocenters. The Morgan fingerprint density at radius 1 is 1.54 bits per heavy atom. The van der Waals surface area contributed by atoms with Crippen LogP contribution in [0.3, 0.4) is 0 Å². The van der Waals surface area contributed by atoms with Crippen LogP contribution in [0.4, 0.5) is 0 Å². The Balaban J connectivity index is 2.67. The summed E-state index contributed by atoms with van der Waals surface area (Å²) in [6.45, 7) is 0. The Hall–Kier alpha value is -1.13. The van der Waals surface area contributed by atoms with E-state index in [2.05, 4.69) is 4.98 Å². The van der Waals surface area contributed by atoms with Crippen LogP contribution in [0.15, 0.2) is 18.2 Å². The van der Waals surface area contributed by atoms with Crippen LogP contribution in [-0.2, 0) is 0 Å². The van der Waals surface area contributed by atoms with E-state index in [1.54, 1.807) is 12.1 Å². The summed E-state index contributed by atoms with van der Waals surface area (Å²) < 4.78 is 0.616. The number of carboxylic acid groups (broad SMARTS) is 1. The number of carbonyl (C=O) groups is 1. The number of hydrogen-bond acceptors (Lipinski definition) is 3. The molecule has 0 bridgehead atoms. The summed E-state index contributed by atoms with van der Waals surface area (Å²) in [5.41, 5.74) is 0.0472. The first-order valence-corrected chi connectivity index (χ1v) is 4.65. The third kappa shape index (κ3) is 1.50.